The van der Waals surface area contributed by atoms with Gasteiger partial charge in [0.05, 0.1) is 5.69 Å². The number of aromatic nitrogens is 1. The Kier molecular flexibility index (Phi) is 6.61. The molecule has 0 saturated heterocycles. The second kappa shape index (κ2) is 8.76. The summed E-state index contributed by atoms with van der Waals surface area (Å²) in [7, 11) is 1.96. The number of pyridine rings is 1. The van der Waals surface area contributed by atoms with Crippen LogP contribution in [0.3, 0.4) is 0 Å². The van der Waals surface area contributed by atoms with Gasteiger partial charge in [0.15, 0.2) is 6.34 Å². The van der Waals surface area contributed by atoms with Crippen molar-refractivity contribution < 1.29 is 4.48 Å². The van der Waals surface area contributed by atoms with Crippen LogP contribution in [0.2, 0.25) is 10.0 Å². The SMILES string of the molecule is CNC[N+]1(Cc2ccccn2)C=NC(C(C)C)=C1Sc1cc(Cl)cc(Cl)c1. The van der Waals surface area contributed by atoms with Gasteiger partial charge in [0.1, 0.15) is 18.9 Å². The summed E-state index contributed by atoms with van der Waals surface area (Å²) in [5, 5.41) is 5.76. The minimum absolute atomic E-state index is 0.305. The number of thioether (sulfide) groups is 1. The fourth-order valence-corrected chi connectivity index (χ4v) is 5.09. The minimum Gasteiger partial charge on any atom is -0.273 e. The van der Waals surface area contributed by atoms with Gasteiger partial charge in [-0.15, -0.1) is 0 Å². The van der Waals surface area contributed by atoms with Crippen LogP contribution < -0.4 is 5.32 Å². The molecule has 1 aliphatic heterocycles. The molecule has 2 heterocycles. The van der Waals surface area contributed by atoms with Crippen LogP contribution in [0.5, 0.6) is 0 Å². The Hall–Kier alpha value is -1.37. The summed E-state index contributed by atoms with van der Waals surface area (Å²) in [6.07, 6.45) is 3.85. The maximum atomic E-state index is 6.22. The molecule has 1 unspecified atom stereocenters. The average molecular weight is 422 g/mol. The van der Waals surface area contributed by atoms with Crippen LogP contribution in [-0.4, -0.2) is 29.5 Å². The number of halogens is 2. The summed E-state index contributed by atoms with van der Waals surface area (Å²) in [4.78, 5) is 10.3. The molecule has 1 aliphatic rings. The molecule has 1 aromatic heterocycles. The van der Waals surface area contributed by atoms with Gasteiger partial charge in [0.25, 0.3) is 0 Å². The Morgan fingerprint density at radius 1 is 1.15 bits per heavy atom. The first-order chi connectivity index (χ1) is 12.9. The molecule has 142 valence electrons. The Bertz CT molecular complexity index is 847. The molecule has 3 rings (SSSR count). The average Bonchev–Trinajstić information content (AvgIpc) is 2.93. The van der Waals surface area contributed by atoms with Crippen LogP contribution in [0.1, 0.15) is 19.5 Å². The monoisotopic (exact) mass is 421 g/mol. The Balaban J connectivity index is 2.04. The van der Waals surface area contributed by atoms with E-state index in [0.29, 0.717) is 27.1 Å². The summed E-state index contributed by atoms with van der Waals surface area (Å²) in [5.41, 5.74) is 2.11. The van der Waals surface area contributed by atoms with Crippen LogP contribution >= 0.6 is 35.0 Å². The van der Waals surface area contributed by atoms with E-state index in [1.165, 1.54) is 5.03 Å². The van der Waals surface area contributed by atoms with Gasteiger partial charge in [-0.25, -0.2) is 9.48 Å². The van der Waals surface area contributed by atoms with Gasteiger partial charge < -0.3 is 0 Å². The highest BCUT2D eigenvalue weighted by Crippen LogP contribution is 2.43. The zero-order valence-electron chi connectivity index (χ0n) is 15.6. The standard InChI is InChI=1S/C20H23Cl2N4S/c1-14(2)19-20(27-18-9-15(21)8-16(22)10-18)26(12-23-3,13-25-19)11-17-6-4-5-7-24-17/h4-10,13-14,23H,11-12H2,1-3H3/q+1. The number of quaternary nitrogens is 1. The van der Waals surface area contributed by atoms with Gasteiger partial charge >= 0.3 is 0 Å². The topological polar surface area (TPSA) is 37.3 Å². The van der Waals surface area contributed by atoms with E-state index in [1.807, 2.05) is 43.8 Å². The normalized spacial score (nSPS) is 19.3. The molecule has 1 N–H and O–H groups in total. The van der Waals surface area contributed by atoms with Crippen molar-refractivity contribution in [1.29, 1.82) is 0 Å². The van der Waals surface area contributed by atoms with Crippen LogP contribution in [0.15, 0.2) is 63.2 Å². The molecule has 1 aromatic carbocycles. The molecule has 0 bridgehead atoms. The summed E-state index contributed by atoms with van der Waals surface area (Å²) in [5.74, 6) is 0.305. The number of benzene rings is 1. The number of rotatable bonds is 7. The second-order valence-electron chi connectivity index (χ2n) is 6.82. The molecule has 4 nitrogen and oxygen atoms in total. The van der Waals surface area contributed by atoms with E-state index in [4.69, 9.17) is 28.2 Å². The van der Waals surface area contributed by atoms with E-state index in [9.17, 15) is 0 Å². The predicted molar refractivity (Wildman–Crippen MR) is 115 cm³/mol. The second-order valence-corrected chi connectivity index (χ2v) is 8.76. The van der Waals surface area contributed by atoms with Crippen molar-refractivity contribution in [1.82, 2.24) is 10.3 Å². The van der Waals surface area contributed by atoms with Crippen LogP contribution in [0.25, 0.3) is 0 Å². The zero-order valence-corrected chi connectivity index (χ0v) is 17.9. The van der Waals surface area contributed by atoms with E-state index in [0.717, 1.165) is 22.8 Å². The van der Waals surface area contributed by atoms with Crippen LogP contribution in [-0.2, 0) is 6.54 Å². The highest BCUT2D eigenvalue weighted by Gasteiger charge is 2.40. The summed E-state index contributed by atoms with van der Waals surface area (Å²) in [6.45, 7) is 5.77. The van der Waals surface area contributed by atoms with Gasteiger partial charge in [-0.3, -0.25) is 10.3 Å². The van der Waals surface area contributed by atoms with Crippen molar-refractivity contribution in [3.05, 3.63) is 69.1 Å². The molecule has 2 aromatic rings. The van der Waals surface area contributed by atoms with Gasteiger partial charge in [0.2, 0.25) is 5.03 Å². The van der Waals surface area contributed by atoms with E-state index in [-0.39, 0.29) is 0 Å². The van der Waals surface area contributed by atoms with Crippen molar-refractivity contribution in [2.45, 2.75) is 25.3 Å². The molecule has 0 spiro atoms. The first kappa shape index (κ1) is 20.4. The molecule has 0 aliphatic carbocycles. The van der Waals surface area contributed by atoms with Gasteiger partial charge in [-0.1, -0.05) is 43.1 Å². The minimum atomic E-state index is 0.305. The summed E-state index contributed by atoms with van der Waals surface area (Å²) < 4.78 is 0.565. The van der Waals surface area contributed by atoms with Gasteiger partial charge in [0, 0.05) is 27.1 Å². The molecule has 0 saturated carbocycles. The number of aliphatic imine (C=N–C) groups is 1. The molecule has 1 atom stereocenters. The first-order valence-electron chi connectivity index (χ1n) is 8.79. The molecule has 7 heteroatoms. The number of hydrogen-bond acceptors (Lipinski definition) is 4. The smallest absolute Gasteiger partial charge is 0.201 e. The lowest BCUT2D eigenvalue weighted by Crippen LogP contribution is -2.48. The number of nitrogens with zero attached hydrogens (tertiary/aromatic N) is 3. The summed E-state index contributed by atoms with van der Waals surface area (Å²) >= 11 is 14.1. The Morgan fingerprint density at radius 2 is 1.89 bits per heavy atom. The third-order valence-electron chi connectivity index (χ3n) is 4.25. The fraction of sp³-hybridized carbons (Fsp3) is 0.300. The Morgan fingerprint density at radius 3 is 2.48 bits per heavy atom. The molecule has 0 fully saturated rings. The third-order valence-corrected chi connectivity index (χ3v) is 5.92. The quantitative estimate of drug-likeness (QED) is 0.596. The molecule has 27 heavy (non-hydrogen) atoms. The van der Waals surface area contributed by atoms with Crippen LogP contribution in [0, 0.1) is 5.92 Å². The maximum absolute atomic E-state index is 6.22. The van der Waals surface area contributed by atoms with Gasteiger partial charge in [-0.05, 0) is 49.1 Å². The largest absolute Gasteiger partial charge is 0.273 e. The first-order valence-corrected chi connectivity index (χ1v) is 10.4. The number of allylic oxidation sites excluding steroid dienone is 1. The molecule has 0 amide bonds. The van der Waals surface area contributed by atoms with Crippen molar-refractivity contribution in [3.8, 4) is 0 Å². The van der Waals surface area contributed by atoms with Crippen molar-refractivity contribution in [3.63, 3.8) is 0 Å². The van der Waals surface area contributed by atoms with E-state index < -0.39 is 0 Å². The van der Waals surface area contributed by atoms with Gasteiger partial charge in [-0.2, -0.15) is 0 Å². The molecule has 0 radical (unpaired) electrons. The lowest BCUT2D eigenvalue weighted by Gasteiger charge is -2.32. The zero-order chi connectivity index (χ0) is 19.4. The number of nitrogens with one attached hydrogen (secondary N) is 1. The highest BCUT2D eigenvalue weighted by molar-refractivity contribution is 8.02. The highest BCUT2D eigenvalue weighted by atomic mass is 35.5. The lowest BCUT2D eigenvalue weighted by molar-refractivity contribution is -0.802. The molecular weight excluding hydrogens is 399 g/mol. The third kappa shape index (κ3) is 4.73. The van der Waals surface area contributed by atoms with Crippen molar-refractivity contribution in [2.75, 3.05) is 13.7 Å². The van der Waals surface area contributed by atoms with Crippen molar-refractivity contribution in [2.24, 2.45) is 10.9 Å². The van der Waals surface area contributed by atoms with E-state index in [1.54, 1.807) is 17.8 Å². The van der Waals surface area contributed by atoms with Crippen molar-refractivity contribution >= 4 is 41.3 Å². The number of hydrogen-bond donors (Lipinski definition) is 1. The predicted octanol–water partition coefficient (Wildman–Crippen LogP) is 5.54. The Labute approximate surface area is 174 Å². The van der Waals surface area contributed by atoms with E-state index in [2.05, 4.69) is 30.2 Å². The van der Waals surface area contributed by atoms with E-state index >= 15 is 0 Å². The maximum Gasteiger partial charge on any atom is 0.201 e. The molecular formula is C20H23Cl2N4S+. The summed E-state index contributed by atoms with van der Waals surface area (Å²) in [6, 6.07) is 11.6. The fourth-order valence-electron chi connectivity index (χ4n) is 3.09. The van der Waals surface area contributed by atoms with Crippen LogP contribution in [0.4, 0.5) is 0 Å². The lowest BCUT2D eigenvalue weighted by atomic mass is 10.1.